The summed E-state index contributed by atoms with van der Waals surface area (Å²) >= 11 is 1.91. The predicted molar refractivity (Wildman–Crippen MR) is 93.7 cm³/mol. The first kappa shape index (κ1) is 16.3. The number of hydrogen-bond acceptors (Lipinski definition) is 3. The van der Waals surface area contributed by atoms with Gasteiger partial charge in [-0.3, -0.25) is 0 Å². The molecule has 1 aromatic carbocycles. The summed E-state index contributed by atoms with van der Waals surface area (Å²) in [6.07, 6.45) is 4.07. The topological polar surface area (TPSA) is 24.1 Å². The van der Waals surface area contributed by atoms with E-state index in [2.05, 4.69) is 56.2 Å². The average molecular weight is 305 g/mol. The summed E-state index contributed by atoms with van der Waals surface area (Å²) < 4.78 is 0. The number of benzene rings is 1. The number of rotatable bonds is 8. The maximum Gasteiger partial charge on any atom is 0.0917 e. The molecule has 0 saturated heterocycles. The van der Waals surface area contributed by atoms with Crippen LogP contribution in [0.3, 0.4) is 0 Å². The Labute approximate surface area is 133 Å². The summed E-state index contributed by atoms with van der Waals surface area (Å²) in [5.41, 5.74) is 2.97. The van der Waals surface area contributed by atoms with Crippen molar-refractivity contribution in [2.75, 3.05) is 5.75 Å². The van der Waals surface area contributed by atoms with Crippen molar-refractivity contribution in [1.29, 1.82) is 0 Å². The maximum absolute atomic E-state index is 4.05. The van der Waals surface area contributed by atoms with Gasteiger partial charge in [0.15, 0.2) is 0 Å². The van der Waals surface area contributed by atoms with Gasteiger partial charge in [-0.15, -0.1) is 11.8 Å². The van der Waals surface area contributed by atoms with Gasteiger partial charge in [-0.25, -0.2) is 0 Å². The van der Waals surface area contributed by atoms with Crippen LogP contribution < -0.4 is 10.6 Å². The number of hydrogen-bond donors (Lipinski definition) is 2. The molecule has 2 N–H and O–H groups in total. The molecule has 2 rings (SSSR count). The summed E-state index contributed by atoms with van der Waals surface area (Å²) in [4.78, 5) is 1.37. The Morgan fingerprint density at radius 2 is 2.14 bits per heavy atom. The molecule has 0 radical (unpaired) electrons. The molecule has 0 bridgehead atoms. The standard InChI is InChI=1S/C18H28N2S/c1-5-21-17-9-10-18(15-7-6-8-15)16(11-17)12-19-14(4)20-13(2)3/h9-11,13,15,19-20H,4-8,12H2,1-3H3. The Hall–Kier alpha value is -1.09. The summed E-state index contributed by atoms with van der Waals surface area (Å²) in [6.45, 7) is 11.4. The molecule has 1 aromatic rings. The van der Waals surface area contributed by atoms with Crippen LogP contribution in [0.2, 0.25) is 0 Å². The van der Waals surface area contributed by atoms with Crippen LogP contribution >= 0.6 is 11.8 Å². The van der Waals surface area contributed by atoms with Gasteiger partial charge in [-0.2, -0.15) is 0 Å². The third kappa shape index (κ3) is 4.70. The van der Waals surface area contributed by atoms with Crippen LogP contribution in [0.1, 0.15) is 57.1 Å². The molecule has 116 valence electrons. The zero-order valence-corrected chi connectivity index (χ0v) is 14.4. The summed E-state index contributed by atoms with van der Waals surface area (Å²) in [6, 6.07) is 7.40. The molecule has 0 aliphatic heterocycles. The lowest BCUT2D eigenvalue weighted by Gasteiger charge is -2.28. The van der Waals surface area contributed by atoms with Crippen molar-refractivity contribution in [2.45, 2.75) is 63.4 Å². The lowest BCUT2D eigenvalue weighted by Crippen LogP contribution is -2.30. The van der Waals surface area contributed by atoms with E-state index in [1.165, 1.54) is 35.3 Å². The molecule has 0 unspecified atom stereocenters. The monoisotopic (exact) mass is 304 g/mol. The molecule has 1 aliphatic rings. The van der Waals surface area contributed by atoms with Gasteiger partial charge in [-0.1, -0.05) is 26.0 Å². The normalized spacial score (nSPS) is 14.9. The Morgan fingerprint density at radius 3 is 2.71 bits per heavy atom. The Balaban J connectivity index is 2.06. The highest BCUT2D eigenvalue weighted by Crippen LogP contribution is 2.39. The third-order valence-electron chi connectivity index (χ3n) is 3.93. The van der Waals surface area contributed by atoms with Crippen molar-refractivity contribution < 1.29 is 0 Å². The second kappa shape index (κ2) is 7.79. The van der Waals surface area contributed by atoms with Crippen molar-refractivity contribution in [3.63, 3.8) is 0 Å². The minimum Gasteiger partial charge on any atom is -0.370 e. The Morgan fingerprint density at radius 1 is 1.38 bits per heavy atom. The van der Waals surface area contributed by atoms with E-state index in [1.54, 1.807) is 0 Å². The van der Waals surface area contributed by atoms with Crippen molar-refractivity contribution in [2.24, 2.45) is 0 Å². The quantitative estimate of drug-likeness (QED) is 0.685. The SMILES string of the molecule is C=C(NCc1cc(SCC)ccc1C1CCC1)NC(C)C. The molecule has 0 spiro atoms. The number of nitrogens with one attached hydrogen (secondary N) is 2. The zero-order valence-electron chi connectivity index (χ0n) is 13.5. The zero-order chi connectivity index (χ0) is 15.2. The summed E-state index contributed by atoms with van der Waals surface area (Å²) in [5, 5.41) is 6.75. The Kier molecular flexibility index (Phi) is 6.04. The van der Waals surface area contributed by atoms with Gasteiger partial charge in [0, 0.05) is 17.5 Å². The molecule has 3 heteroatoms. The smallest absolute Gasteiger partial charge is 0.0917 e. The van der Waals surface area contributed by atoms with Crippen LogP contribution in [0.5, 0.6) is 0 Å². The second-order valence-corrected chi connectivity index (χ2v) is 7.39. The van der Waals surface area contributed by atoms with Gasteiger partial charge < -0.3 is 10.6 Å². The van der Waals surface area contributed by atoms with E-state index in [4.69, 9.17) is 0 Å². The highest BCUT2D eigenvalue weighted by atomic mass is 32.2. The fraction of sp³-hybridized carbons (Fsp3) is 0.556. The van der Waals surface area contributed by atoms with Gasteiger partial charge >= 0.3 is 0 Å². The van der Waals surface area contributed by atoms with Crippen LogP contribution in [0.25, 0.3) is 0 Å². The van der Waals surface area contributed by atoms with E-state index in [-0.39, 0.29) is 0 Å². The second-order valence-electron chi connectivity index (χ2n) is 6.05. The van der Waals surface area contributed by atoms with E-state index in [0.29, 0.717) is 6.04 Å². The summed E-state index contributed by atoms with van der Waals surface area (Å²) in [5.74, 6) is 2.81. The first-order chi connectivity index (χ1) is 10.1. The fourth-order valence-electron chi connectivity index (χ4n) is 2.71. The molecule has 1 fully saturated rings. The molecule has 2 nitrogen and oxygen atoms in total. The van der Waals surface area contributed by atoms with Crippen molar-refractivity contribution >= 4 is 11.8 Å². The molecule has 0 atom stereocenters. The van der Waals surface area contributed by atoms with Crippen molar-refractivity contribution in [3.8, 4) is 0 Å². The largest absolute Gasteiger partial charge is 0.370 e. The fourth-order valence-corrected chi connectivity index (χ4v) is 3.43. The molecule has 1 aliphatic carbocycles. The predicted octanol–water partition coefficient (Wildman–Crippen LogP) is 4.62. The van der Waals surface area contributed by atoms with E-state index < -0.39 is 0 Å². The highest BCUT2D eigenvalue weighted by Gasteiger charge is 2.22. The van der Waals surface area contributed by atoms with Gasteiger partial charge in [-0.05, 0) is 61.6 Å². The average Bonchev–Trinajstić information content (AvgIpc) is 2.36. The molecule has 0 aromatic heterocycles. The van der Waals surface area contributed by atoms with E-state index in [1.807, 2.05) is 11.8 Å². The molecular weight excluding hydrogens is 276 g/mol. The number of thioether (sulfide) groups is 1. The highest BCUT2D eigenvalue weighted by molar-refractivity contribution is 7.99. The maximum atomic E-state index is 4.05. The molecular formula is C18H28N2S. The van der Waals surface area contributed by atoms with Gasteiger partial charge in [0.05, 0.1) is 5.82 Å². The first-order valence-electron chi connectivity index (χ1n) is 8.05. The van der Waals surface area contributed by atoms with E-state index in [9.17, 15) is 0 Å². The van der Waals surface area contributed by atoms with Gasteiger partial charge in [0.2, 0.25) is 0 Å². The van der Waals surface area contributed by atoms with Gasteiger partial charge in [0.25, 0.3) is 0 Å². The Bertz CT molecular complexity index is 478. The molecule has 0 amide bonds. The van der Waals surface area contributed by atoms with Crippen molar-refractivity contribution in [1.82, 2.24) is 10.6 Å². The lowest BCUT2D eigenvalue weighted by molar-refractivity contribution is 0.416. The van der Waals surface area contributed by atoms with Crippen molar-refractivity contribution in [3.05, 3.63) is 41.7 Å². The van der Waals surface area contributed by atoms with Crippen LogP contribution in [-0.4, -0.2) is 11.8 Å². The van der Waals surface area contributed by atoms with Crippen LogP contribution in [0.15, 0.2) is 35.5 Å². The molecule has 21 heavy (non-hydrogen) atoms. The minimum absolute atomic E-state index is 0.415. The van der Waals surface area contributed by atoms with Crippen LogP contribution in [0, 0.1) is 0 Å². The minimum atomic E-state index is 0.415. The van der Waals surface area contributed by atoms with Crippen LogP contribution in [0.4, 0.5) is 0 Å². The van der Waals surface area contributed by atoms with E-state index >= 15 is 0 Å². The van der Waals surface area contributed by atoms with Crippen LogP contribution in [-0.2, 0) is 6.54 Å². The third-order valence-corrected chi connectivity index (χ3v) is 4.80. The lowest BCUT2D eigenvalue weighted by atomic mass is 9.78. The molecule has 1 saturated carbocycles. The van der Waals surface area contributed by atoms with Gasteiger partial charge in [0.1, 0.15) is 0 Å². The first-order valence-corrected chi connectivity index (χ1v) is 9.03. The summed E-state index contributed by atoms with van der Waals surface area (Å²) in [7, 11) is 0. The molecule has 0 heterocycles. The van der Waals surface area contributed by atoms with E-state index in [0.717, 1.165) is 24.0 Å².